The molecule has 3 rings (SSSR count). The highest BCUT2D eigenvalue weighted by atomic mass is 79.9. The Balaban J connectivity index is 2.04. The molecular formula is C12H9BrN4O3S. The molecule has 0 unspecified atom stereocenters. The number of rotatable bonds is 5. The number of hydrogen-bond donors (Lipinski definition) is 1. The number of benzene rings is 1. The Bertz CT molecular complexity index is 787. The van der Waals surface area contributed by atoms with Crippen LogP contribution in [0.25, 0.3) is 11.0 Å². The smallest absolute Gasteiger partial charge is 0.313 e. The van der Waals surface area contributed by atoms with Crippen LogP contribution >= 0.6 is 27.7 Å². The van der Waals surface area contributed by atoms with Gasteiger partial charge in [-0.15, -0.1) is 0 Å². The lowest BCUT2D eigenvalue weighted by Crippen LogP contribution is -2.05. The normalized spacial score (nSPS) is 11.1. The first-order valence-electron chi connectivity index (χ1n) is 5.89. The van der Waals surface area contributed by atoms with Crippen molar-refractivity contribution in [3.05, 3.63) is 34.9 Å². The molecule has 3 aromatic rings. The maximum atomic E-state index is 10.8. The molecule has 0 atom stereocenters. The minimum atomic E-state index is -0.889. The zero-order valence-corrected chi connectivity index (χ0v) is 13.0. The van der Waals surface area contributed by atoms with Crippen LogP contribution in [0, 0.1) is 0 Å². The number of carboxylic acids is 1. The number of carboxylic acid groups (broad SMARTS) is 1. The van der Waals surface area contributed by atoms with Crippen molar-refractivity contribution in [3.63, 3.8) is 0 Å². The molecule has 0 bridgehead atoms. The van der Waals surface area contributed by atoms with Crippen molar-refractivity contribution in [2.75, 3.05) is 5.75 Å². The van der Waals surface area contributed by atoms with Crippen molar-refractivity contribution < 1.29 is 14.4 Å². The summed E-state index contributed by atoms with van der Waals surface area (Å²) in [5, 5.41) is 13.2. The number of fused-ring (bicyclic) bond motifs is 1. The highest BCUT2D eigenvalue weighted by Gasteiger charge is 2.15. The Morgan fingerprint density at radius 1 is 1.48 bits per heavy atom. The van der Waals surface area contributed by atoms with Gasteiger partial charge in [0.2, 0.25) is 6.39 Å². The topological polar surface area (TPSA) is 94.0 Å². The molecule has 0 amide bonds. The molecule has 21 heavy (non-hydrogen) atoms. The number of imidazole rings is 1. The van der Waals surface area contributed by atoms with Crippen molar-refractivity contribution in [2.45, 2.75) is 11.7 Å². The van der Waals surface area contributed by atoms with Crippen molar-refractivity contribution in [1.82, 2.24) is 19.7 Å². The van der Waals surface area contributed by atoms with Gasteiger partial charge < -0.3 is 14.2 Å². The lowest BCUT2D eigenvalue weighted by molar-refractivity contribution is -0.133. The molecule has 0 spiro atoms. The van der Waals surface area contributed by atoms with Gasteiger partial charge in [-0.2, -0.15) is 4.98 Å². The van der Waals surface area contributed by atoms with Gasteiger partial charge in [-0.05, 0) is 18.2 Å². The van der Waals surface area contributed by atoms with E-state index in [1.54, 1.807) is 0 Å². The summed E-state index contributed by atoms with van der Waals surface area (Å²) in [6.45, 7) is 0.366. The van der Waals surface area contributed by atoms with Gasteiger partial charge >= 0.3 is 5.97 Å². The zero-order chi connectivity index (χ0) is 14.8. The molecule has 0 saturated heterocycles. The lowest BCUT2D eigenvalue weighted by Gasteiger charge is -2.05. The fraction of sp³-hybridized carbons (Fsp3) is 0.167. The summed E-state index contributed by atoms with van der Waals surface area (Å²) in [5.41, 5.74) is 1.66. The molecule has 7 nitrogen and oxygen atoms in total. The standard InChI is InChI=1S/C12H9BrN4O3S/c13-7-1-2-8-9(3-7)17(4-10-14-6-20-16-10)12(15-8)21-5-11(18)19/h1-3,6H,4-5H2,(H,18,19). The molecule has 0 aliphatic carbocycles. The van der Waals surface area contributed by atoms with E-state index in [9.17, 15) is 4.79 Å². The predicted octanol–water partition coefficient (Wildman–Crippen LogP) is 2.41. The highest BCUT2D eigenvalue weighted by molar-refractivity contribution is 9.10. The first-order chi connectivity index (χ1) is 10.1. The Morgan fingerprint density at radius 2 is 2.33 bits per heavy atom. The average molecular weight is 369 g/mol. The third-order valence-corrected chi connectivity index (χ3v) is 4.16. The quantitative estimate of drug-likeness (QED) is 0.690. The molecule has 108 valence electrons. The van der Waals surface area contributed by atoms with Crippen LogP contribution in [-0.4, -0.2) is 36.5 Å². The van der Waals surface area contributed by atoms with Crippen molar-refractivity contribution in [3.8, 4) is 0 Å². The van der Waals surface area contributed by atoms with Crippen LogP contribution in [0.3, 0.4) is 0 Å². The first-order valence-corrected chi connectivity index (χ1v) is 7.67. The molecule has 1 aromatic carbocycles. The lowest BCUT2D eigenvalue weighted by atomic mass is 10.3. The van der Waals surface area contributed by atoms with Crippen LogP contribution in [0.4, 0.5) is 0 Å². The summed E-state index contributed by atoms with van der Waals surface area (Å²) in [7, 11) is 0. The maximum absolute atomic E-state index is 10.8. The van der Waals surface area contributed by atoms with Crippen LogP contribution in [-0.2, 0) is 11.3 Å². The molecule has 2 aromatic heterocycles. The van der Waals surface area contributed by atoms with E-state index in [4.69, 9.17) is 9.63 Å². The maximum Gasteiger partial charge on any atom is 0.313 e. The summed E-state index contributed by atoms with van der Waals surface area (Å²) >= 11 is 4.58. The number of aliphatic carboxylic acids is 1. The predicted molar refractivity (Wildman–Crippen MR) is 79.2 cm³/mol. The summed E-state index contributed by atoms with van der Waals surface area (Å²) < 4.78 is 7.52. The summed E-state index contributed by atoms with van der Waals surface area (Å²) in [6, 6.07) is 5.68. The third kappa shape index (κ3) is 3.08. The largest absolute Gasteiger partial charge is 0.481 e. The fourth-order valence-electron chi connectivity index (χ4n) is 1.87. The van der Waals surface area contributed by atoms with Crippen LogP contribution in [0.1, 0.15) is 5.82 Å². The van der Waals surface area contributed by atoms with Gasteiger partial charge in [-0.25, -0.2) is 4.98 Å². The monoisotopic (exact) mass is 368 g/mol. The molecule has 1 N–H and O–H groups in total. The molecule has 0 saturated carbocycles. The van der Waals surface area contributed by atoms with Crippen molar-refractivity contribution in [2.24, 2.45) is 0 Å². The Labute approximate surface area is 131 Å². The van der Waals surface area contributed by atoms with Gasteiger partial charge in [0.15, 0.2) is 11.0 Å². The van der Waals surface area contributed by atoms with Crippen LogP contribution < -0.4 is 0 Å². The zero-order valence-electron chi connectivity index (χ0n) is 10.6. The number of halogens is 1. The van der Waals surface area contributed by atoms with E-state index in [2.05, 4.69) is 31.1 Å². The Morgan fingerprint density at radius 3 is 3.05 bits per heavy atom. The van der Waals surface area contributed by atoms with Gasteiger partial charge in [-0.3, -0.25) is 4.79 Å². The molecule has 2 heterocycles. The van der Waals surface area contributed by atoms with E-state index in [-0.39, 0.29) is 5.75 Å². The highest BCUT2D eigenvalue weighted by Crippen LogP contribution is 2.27. The van der Waals surface area contributed by atoms with E-state index < -0.39 is 5.97 Å². The second kappa shape index (κ2) is 5.86. The van der Waals surface area contributed by atoms with Gasteiger partial charge in [0, 0.05) is 4.47 Å². The van der Waals surface area contributed by atoms with Gasteiger partial charge in [0.05, 0.1) is 23.3 Å². The Hall–Kier alpha value is -1.87. The van der Waals surface area contributed by atoms with E-state index in [1.165, 1.54) is 6.39 Å². The number of aromatic nitrogens is 4. The van der Waals surface area contributed by atoms with Crippen LogP contribution in [0.15, 0.2) is 38.7 Å². The number of thioether (sulfide) groups is 1. The molecule has 0 radical (unpaired) electrons. The minimum absolute atomic E-state index is 0.0588. The summed E-state index contributed by atoms with van der Waals surface area (Å²) in [4.78, 5) is 19.2. The van der Waals surface area contributed by atoms with Crippen LogP contribution in [0.5, 0.6) is 0 Å². The molecule has 0 fully saturated rings. The molecule has 0 aliphatic rings. The van der Waals surface area contributed by atoms with Crippen molar-refractivity contribution >= 4 is 44.7 Å². The van der Waals surface area contributed by atoms with Gasteiger partial charge in [-0.1, -0.05) is 32.8 Å². The SMILES string of the molecule is O=C(O)CSc1nc2ccc(Br)cc2n1Cc1ncon1. The summed E-state index contributed by atoms with van der Waals surface area (Å²) in [5.74, 6) is -0.442. The van der Waals surface area contributed by atoms with Crippen molar-refractivity contribution in [1.29, 1.82) is 0 Å². The second-order valence-electron chi connectivity index (χ2n) is 4.14. The summed E-state index contributed by atoms with van der Waals surface area (Å²) in [6.07, 6.45) is 1.26. The van der Waals surface area contributed by atoms with E-state index in [1.807, 2.05) is 22.8 Å². The van der Waals surface area contributed by atoms with E-state index in [0.29, 0.717) is 17.5 Å². The fourth-order valence-corrected chi connectivity index (χ4v) is 2.95. The minimum Gasteiger partial charge on any atom is -0.481 e. The van der Waals surface area contributed by atoms with Gasteiger partial charge in [0.1, 0.15) is 0 Å². The second-order valence-corrected chi connectivity index (χ2v) is 6.00. The van der Waals surface area contributed by atoms with Crippen LogP contribution in [0.2, 0.25) is 0 Å². The van der Waals surface area contributed by atoms with Gasteiger partial charge in [0.25, 0.3) is 0 Å². The Kier molecular flexibility index (Phi) is 3.93. The number of carbonyl (C=O) groups is 1. The molecule has 0 aliphatic heterocycles. The number of nitrogens with zero attached hydrogens (tertiary/aromatic N) is 4. The number of hydrogen-bond acceptors (Lipinski definition) is 6. The first kappa shape index (κ1) is 14.1. The molecular weight excluding hydrogens is 360 g/mol. The van der Waals surface area contributed by atoms with E-state index in [0.717, 1.165) is 27.3 Å². The third-order valence-electron chi connectivity index (χ3n) is 2.71. The van der Waals surface area contributed by atoms with E-state index >= 15 is 0 Å². The molecule has 9 heteroatoms. The average Bonchev–Trinajstić information content (AvgIpc) is 3.06.